The van der Waals surface area contributed by atoms with Crippen LogP contribution in [-0.2, 0) is 4.43 Å². The minimum Gasteiger partial charge on any atom is -0.417 e. The standard InChI is InChI=1S/C18H41ClOSi2/c1-18(2,3)22(6,7)20-16-14-12-10-8-9-11-13-15-17-21(4,5)19/h8-17H2,1-7H3. The lowest BCUT2D eigenvalue weighted by Gasteiger charge is -2.36. The summed E-state index contributed by atoms with van der Waals surface area (Å²) in [4.78, 5) is 0. The largest absolute Gasteiger partial charge is 0.417 e. The number of hydrogen-bond donors (Lipinski definition) is 0. The highest BCUT2D eigenvalue weighted by molar-refractivity contribution is 7.19. The predicted molar refractivity (Wildman–Crippen MR) is 108 cm³/mol. The van der Waals surface area contributed by atoms with Gasteiger partial charge in [0.1, 0.15) is 7.38 Å². The first-order chi connectivity index (χ1) is 9.96. The fraction of sp³-hybridized carbons (Fsp3) is 1.00. The van der Waals surface area contributed by atoms with Crippen LogP contribution in [-0.4, -0.2) is 22.3 Å². The van der Waals surface area contributed by atoms with E-state index in [9.17, 15) is 0 Å². The van der Waals surface area contributed by atoms with Crippen molar-refractivity contribution in [3.63, 3.8) is 0 Å². The molecule has 0 N–H and O–H groups in total. The van der Waals surface area contributed by atoms with Gasteiger partial charge < -0.3 is 4.43 Å². The van der Waals surface area contributed by atoms with Crippen LogP contribution in [0.1, 0.15) is 72.1 Å². The Labute approximate surface area is 147 Å². The van der Waals surface area contributed by atoms with Crippen LogP contribution in [0.15, 0.2) is 0 Å². The number of hydrogen-bond acceptors (Lipinski definition) is 1. The Hall–Kier alpha value is 0.684. The molecule has 0 radical (unpaired) electrons. The molecule has 0 aliphatic rings. The summed E-state index contributed by atoms with van der Waals surface area (Å²) in [5.74, 6) is 0. The molecule has 134 valence electrons. The molecular formula is C18H41ClOSi2. The van der Waals surface area contributed by atoms with Gasteiger partial charge in [0.15, 0.2) is 8.32 Å². The first kappa shape index (κ1) is 22.7. The van der Waals surface area contributed by atoms with Crippen molar-refractivity contribution in [3.8, 4) is 0 Å². The Kier molecular flexibility index (Phi) is 10.9. The van der Waals surface area contributed by atoms with Crippen molar-refractivity contribution >= 4 is 26.8 Å². The normalized spacial score (nSPS) is 13.6. The van der Waals surface area contributed by atoms with Gasteiger partial charge in [-0.3, -0.25) is 0 Å². The maximum Gasteiger partial charge on any atom is 0.191 e. The molecule has 1 nitrogen and oxygen atoms in total. The zero-order valence-corrected chi connectivity index (χ0v) is 19.1. The summed E-state index contributed by atoms with van der Waals surface area (Å²) in [5, 5.41) is 0.341. The van der Waals surface area contributed by atoms with E-state index < -0.39 is 15.7 Å². The molecule has 0 saturated heterocycles. The second-order valence-corrected chi connectivity index (χ2v) is 20.7. The molecule has 0 unspecified atom stereocenters. The van der Waals surface area contributed by atoms with Crippen LogP contribution in [0, 0.1) is 0 Å². The molecule has 0 atom stereocenters. The van der Waals surface area contributed by atoms with Crippen LogP contribution in [0.4, 0.5) is 0 Å². The summed E-state index contributed by atoms with van der Waals surface area (Å²) >= 11 is 6.33. The molecule has 0 aromatic heterocycles. The van der Waals surface area contributed by atoms with E-state index in [1.807, 2.05) is 0 Å². The van der Waals surface area contributed by atoms with Gasteiger partial charge >= 0.3 is 0 Å². The number of rotatable bonds is 12. The van der Waals surface area contributed by atoms with Crippen LogP contribution in [0.3, 0.4) is 0 Å². The lowest BCUT2D eigenvalue weighted by Crippen LogP contribution is -2.40. The zero-order chi connectivity index (χ0) is 17.3. The molecule has 0 amide bonds. The van der Waals surface area contributed by atoms with Crippen molar-refractivity contribution in [3.05, 3.63) is 0 Å². The summed E-state index contributed by atoms with van der Waals surface area (Å²) < 4.78 is 6.22. The van der Waals surface area contributed by atoms with Crippen LogP contribution < -0.4 is 0 Å². The van der Waals surface area contributed by atoms with Crippen molar-refractivity contribution in [2.75, 3.05) is 6.61 Å². The molecule has 0 aliphatic heterocycles. The fourth-order valence-electron chi connectivity index (χ4n) is 2.25. The quantitative estimate of drug-likeness (QED) is 0.197. The fourth-order valence-corrected chi connectivity index (χ4v) is 4.83. The van der Waals surface area contributed by atoms with Gasteiger partial charge in [0, 0.05) is 6.61 Å². The SMILES string of the molecule is CC(C)(C)[Si](C)(C)OCCCCCCCCCC[Si](C)(C)Cl. The monoisotopic (exact) mass is 364 g/mol. The minimum absolute atomic E-state index is 0.341. The Morgan fingerprint density at radius 2 is 1.14 bits per heavy atom. The summed E-state index contributed by atoms with van der Waals surface area (Å²) in [5.41, 5.74) is 0. The summed E-state index contributed by atoms with van der Waals surface area (Å²) in [7, 11) is -2.83. The molecule has 0 aromatic carbocycles. The lowest BCUT2D eigenvalue weighted by molar-refractivity contribution is 0.277. The molecule has 0 aliphatic carbocycles. The molecule has 22 heavy (non-hydrogen) atoms. The summed E-state index contributed by atoms with van der Waals surface area (Å²) in [6.45, 7) is 17.1. The highest BCUT2D eigenvalue weighted by atomic mass is 35.6. The van der Waals surface area contributed by atoms with Crippen LogP contribution in [0.5, 0.6) is 0 Å². The average Bonchev–Trinajstić information content (AvgIpc) is 2.33. The van der Waals surface area contributed by atoms with Crippen LogP contribution >= 0.6 is 11.1 Å². The Morgan fingerprint density at radius 1 is 0.727 bits per heavy atom. The van der Waals surface area contributed by atoms with Crippen molar-refractivity contribution in [2.45, 2.75) is 109 Å². The molecule has 0 fully saturated rings. The molecule has 0 heterocycles. The first-order valence-corrected chi connectivity index (χ1v) is 16.4. The van der Waals surface area contributed by atoms with E-state index in [0.717, 1.165) is 6.61 Å². The third-order valence-corrected chi connectivity index (χ3v) is 11.6. The number of halogens is 1. The molecule has 0 bridgehead atoms. The highest BCUT2D eigenvalue weighted by Gasteiger charge is 2.36. The Morgan fingerprint density at radius 3 is 1.55 bits per heavy atom. The molecule has 4 heteroatoms. The lowest BCUT2D eigenvalue weighted by atomic mass is 10.1. The van der Waals surface area contributed by atoms with E-state index in [4.69, 9.17) is 15.5 Å². The van der Waals surface area contributed by atoms with Gasteiger partial charge in [-0.1, -0.05) is 78.8 Å². The van der Waals surface area contributed by atoms with Gasteiger partial charge in [-0.2, -0.15) is 11.1 Å². The third kappa shape index (κ3) is 12.1. The maximum atomic E-state index is 6.33. The van der Waals surface area contributed by atoms with Gasteiger partial charge in [-0.05, 0) is 30.6 Å². The second kappa shape index (κ2) is 10.5. The van der Waals surface area contributed by atoms with E-state index in [1.54, 1.807) is 0 Å². The predicted octanol–water partition coefficient (Wildman–Crippen LogP) is 7.57. The molecule has 0 saturated carbocycles. The molecule has 0 spiro atoms. The smallest absolute Gasteiger partial charge is 0.191 e. The van der Waals surface area contributed by atoms with E-state index in [0.29, 0.717) is 5.04 Å². The first-order valence-electron chi connectivity index (χ1n) is 9.29. The van der Waals surface area contributed by atoms with E-state index in [1.165, 1.54) is 57.4 Å². The van der Waals surface area contributed by atoms with Gasteiger partial charge in [0.2, 0.25) is 0 Å². The number of unbranched alkanes of at least 4 members (excludes halogenated alkanes) is 7. The van der Waals surface area contributed by atoms with Gasteiger partial charge in [-0.25, -0.2) is 0 Å². The van der Waals surface area contributed by atoms with Gasteiger partial charge in [0.05, 0.1) is 0 Å². The summed E-state index contributed by atoms with van der Waals surface area (Å²) in [6.07, 6.45) is 10.8. The zero-order valence-electron chi connectivity index (χ0n) is 16.4. The third-order valence-electron chi connectivity index (χ3n) is 4.93. The van der Waals surface area contributed by atoms with E-state index >= 15 is 0 Å². The topological polar surface area (TPSA) is 9.23 Å². The second-order valence-electron chi connectivity index (χ2n) is 8.91. The van der Waals surface area contributed by atoms with Crippen molar-refractivity contribution in [2.24, 2.45) is 0 Å². The maximum absolute atomic E-state index is 6.33. The molecular weight excluding hydrogens is 324 g/mol. The average molecular weight is 365 g/mol. The summed E-state index contributed by atoms with van der Waals surface area (Å²) in [6, 6.07) is 1.28. The van der Waals surface area contributed by atoms with Crippen molar-refractivity contribution in [1.82, 2.24) is 0 Å². The van der Waals surface area contributed by atoms with Crippen LogP contribution in [0.25, 0.3) is 0 Å². The van der Waals surface area contributed by atoms with Crippen molar-refractivity contribution < 1.29 is 4.43 Å². The molecule has 0 rings (SSSR count). The van der Waals surface area contributed by atoms with Crippen molar-refractivity contribution in [1.29, 1.82) is 0 Å². The van der Waals surface area contributed by atoms with Crippen LogP contribution in [0.2, 0.25) is 37.3 Å². The Bertz CT molecular complexity index is 280. The molecule has 0 aromatic rings. The van der Waals surface area contributed by atoms with Gasteiger partial charge in [0.25, 0.3) is 0 Å². The minimum atomic E-state index is -1.52. The highest BCUT2D eigenvalue weighted by Crippen LogP contribution is 2.36. The Balaban J connectivity index is 3.38. The van der Waals surface area contributed by atoms with E-state index in [-0.39, 0.29) is 0 Å². The van der Waals surface area contributed by atoms with Gasteiger partial charge in [-0.15, -0.1) is 0 Å². The van der Waals surface area contributed by atoms with E-state index in [2.05, 4.69) is 47.0 Å².